The lowest BCUT2D eigenvalue weighted by molar-refractivity contribution is -0.148. The fraction of sp³-hybridized carbons (Fsp3) is 0.360. The number of amides is 3. The Labute approximate surface area is 187 Å². The van der Waals surface area contributed by atoms with Crippen LogP contribution in [0.5, 0.6) is 0 Å². The molecule has 1 unspecified atom stereocenters. The summed E-state index contributed by atoms with van der Waals surface area (Å²) in [5, 5.41) is 2.80. The second-order valence-electron chi connectivity index (χ2n) is 7.96. The number of esters is 1. The molecule has 7 heteroatoms. The third-order valence-electron chi connectivity index (χ3n) is 5.52. The van der Waals surface area contributed by atoms with Gasteiger partial charge >= 0.3 is 5.97 Å². The summed E-state index contributed by atoms with van der Waals surface area (Å²) in [6.45, 7) is 5.55. The Morgan fingerprint density at radius 2 is 1.72 bits per heavy atom. The van der Waals surface area contributed by atoms with Crippen LogP contribution in [0.15, 0.2) is 42.5 Å². The molecule has 32 heavy (non-hydrogen) atoms. The molecule has 0 radical (unpaired) electrons. The van der Waals surface area contributed by atoms with Crippen LogP contribution >= 0.6 is 0 Å². The summed E-state index contributed by atoms with van der Waals surface area (Å²) < 4.78 is 5.03. The average molecular weight is 437 g/mol. The van der Waals surface area contributed by atoms with Gasteiger partial charge in [-0.25, -0.2) is 0 Å². The second-order valence-corrected chi connectivity index (χ2v) is 7.96. The molecule has 2 aromatic rings. The van der Waals surface area contributed by atoms with Gasteiger partial charge in [-0.05, 0) is 49.9 Å². The van der Waals surface area contributed by atoms with Crippen LogP contribution in [0.1, 0.15) is 70.1 Å². The molecule has 2 aromatic carbocycles. The molecule has 0 bridgehead atoms. The largest absolute Gasteiger partial charge is 0.456 e. The first-order chi connectivity index (χ1) is 15.3. The minimum Gasteiger partial charge on any atom is -0.456 e. The van der Waals surface area contributed by atoms with E-state index in [1.165, 1.54) is 5.56 Å². The topological polar surface area (TPSA) is 92.8 Å². The van der Waals surface area contributed by atoms with Crippen molar-refractivity contribution < 1.29 is 23.9 Å². The van der Waals surface area contributed by atoms with Crippen LogP contribution in [-0.4, -0.2) is 41.7 Å². The SMILES string of the molecule is CCc1ccc(C(C)NC(=O)COC(=O)CCCN2C(=O)c3ccc(C)cc3C2=O)cc1. The summed E-state index contributed by atoms with van der Waals surface area (Å²) in [4.78, 5) is 50.1. The van der Waals surface area contributed by atoms with E-state index in [9.17, 15) is 19.2 Å². The highest BCUT2D eigenvalue weighted by Gasteiger charge is 2.35. The number of aryl methyl sites for hydroxylation is 2. The van der Waals surface area contributed by atoms with Crippen LogP contribution in [0.25, 0.3) is 0 Å². The quantitative estimate of drug-likeness (QED) is 0.481. The molecular weight excluding hydrogens is 408 g/mol. The molecule has 1 atom stereocenters. The van der Waals surface area contributed by atoms with Crippen molar-refractivity contribution in [3.8, 4) is 0 Å². The Balaban J connectivity index is 1.39. The van der Waals surface area contributed by atoms with Crippen LogP contribution in [-0.2, 0) is 20.7 Å². The first-order valence-electron chi connectivity index (χ1n) is 10.8. The minimum atomic E-state index is -0.549. The van der Waals surface area contributed by atoms with Crippen LogP contribution in [0.4, 0.5) is 0 Å². The summed E-state index contributed by atoms with van der Waals surface area (Å²) in [6.07, 6.45) is 1.22. The van der Waals surface area contributed by atoms with Crippen molar-refractivity contribution in [2.24, 2.45) is 0 Å². The van der Waals surface area contributed by atoms with E-state index in [2.05, 4.69) is 12.2 Å². The van der Waals surface area contributed by atoms with E-state index >= 15 is 0 Å². The molecule has 0 aromatic heterocycles. The summed E-state index contributed by atoms with van der Waals surface area (Å²) in [5.41, 5.74) is 3.88. The molecule has 3 amide bonds. The highest BCUT2D eigenvalue weighted by atomic mass is 16.5. The normalized spacial score (nSPS) is 13.7. The van der Waals surface area contributed by atoms with E-state index in [1.807, 2.05) is 38.1 Å². The van der Waals surface area contributed by atoms with Gasteiger partial charge < -0.3 is 10.1 Å². The molecule has 168 valence electrons. The number of nitrogens with one attached hydrogen (secondary N) is 1. The van der Waals surface area contributed by atoms with Gasteiger partial charge in [-0.15, -0.1) is 0 Å². The zero-order valence-corrected chi connectivity index (χ0v) is 18.6. The molecule has 1 aliphatic heterocycles. The van der Waals surface area contributed by atoms with E-state index in [0.29, 0.717) is 11.1 Å². The maximum atomic E-state index is 12.4. The first kappa shape index (κ1) is 23.2. The van der Waals surface area contributed by atoms with Gasteiger partial charge in [0, 0.05) is 13.0 Å². The van der Waals surface area contributed by atoms with E-state index in [0.717, 1.165) is 22.4 Å². The summed E-state index contributed by atoms with van der Waals surface area (Å²) in [7, 11) is 0. The van der Waals surface area contributed by atoms with Crippen molar-refractivity contribution in [3.63, 3.8) is 0 Å². The minimum absolute atomic E-state index is 0.00768. The van der Waals surface area contributed by atoms with E-state index < -0.39 is 5.97 Å². The average Bonchev–Trinajstić information content (AvgIpc) is 3.01. The number of nitrogens with zero attached hydrogens (tertiary/aromatic N) is 1. The van der Waals surface area contributed by atoms with Gasteiger partial charge in [-0.1, -0.05) is 42.8 Å². The molecule has 0 fully saturated rings. The number of carbonyl (C=O) groups excluding carboxylic acids is 4. The Bertz CT molecular complexity index is 1030. The van der Waals surface area contributed by atoms with Gasteiger partial charge in [-0.2, -0.15) is 0 Å². The van der Waals surface area contributed by atoms with Crippen molar-refractivity contribution >= 4 is 23.7 Å². The van der Waals surface area contributed by atoms with E-state index in [4.69, 9.17) is 4.74 Å². The molecular formula is C25H28N2O5. The van der Waals surface area contributed by atoms with Crippen molar-refractivity contribution in [3.05, 3.63) is 70.3 Å². The monoisotopic (exact) mass is 436 g/mol. The van der Waals surface area contributed by atoms with Gasteiger partial charge in [0.2, 0.25) is 0 Å². The molecule has 1 aliphatic rings. The Hall–Kier alpha value is -3.48. The molecule has 1 heterocycles. The van der Waals surface area contributed by atoms with Crippen molar-refractivity contribution in [1.29, 1.82) is 0 Å². The lowest BCUT2D eigenvalue weighted by Crippen LogP contribution is -2.32. The molecule has 3 rings (SSSR count). The van der Waals surface area contributed by atoms with Gasteiger partial charge in [0.1, 0.15) is 0 Å². The van der Waals surface area contributed by atoms with Crippen LogP contribution in [0.3, 0.4) is 0 Å². The molecule has 0 aliphatic carbocycles. The van der Waals surface area contributed by atoms with Crippen molar-refractivity contribution in [1.82, 2.24) is 10.2 Å². The van der Waals surface area contributed by atoms with Crippen molar-refractivity contribution in [2.45, 2.75) is 46.1 Å². The van der Waals surface area contributed by atoms with Crippen LogP contribution in [0, 0.1) is 6.92 Å². The fourth-order valence-corrected chi connectivity index (χ4v) is 3.62. The lowest BCUT2D eigenvalue weighted by Gasteiger charge is -2.15. The highest BCUT2D eigenvalue weighted by molar-refractivity contribution is 6.21. The zero-order chi connectivity index (χ0) is 23.3. The lowest BCUT2D eigenvalue weighted by atomic mass is 10.1. The zero-order valence-electron chi connectivity index (χ0n) is 18.6. The van der Waals surface area contributed by atoms with Gasteiger partial charge in [0.15, 0.2) is 6.61 Å². The van der Waals surface area contributed by atoms with Crippen molar-refractivity contribution in [2.75, 3.05) is 13.2 Å². The Morgan fingerprint density at radius 1 is 1.03 bits per heavy atom. The fourth-order valence-electron chi connectivity index (χ4n) is 3.62. The van der Waals surface area contributed by atoms with E-state index in [-0.39, 0.29) is 49.8 Å². The van der Waals surface area contributed by atoms with Crippen LogP contribution < -0.4 is 5.32 Å². The first-order valence-corrected chi connectivity index (χ1v) is 10.8. The van der Waals surface area contributed by atoms with Gasteiger partial charge in [0.25, 0.3) is 17.7 Å². The molecule has 0 spiro atoms. The predicted octanol–water partition coefficient (Wildman–Crippen LogP) is 3.35. The third-order valence-corrected chi connectivity index (χ3v) is 5.52. The Morgan fingerprint density at radius 3 is 2.41 bits per heavy atom. The summed E-state index contributed by atoms with van der Waals surface area (Å²) in [5.74, 6) is -1.63. The van der Waals surface area contributed by atoms with Gasteiger partial charge in [0.05, 0.1) is 17.2 Å². The number of imide groups is 1. The number of benzene rings is 2. The number of hydrogen-bond donors (Lipinski definition) is 1. The number of fused-ring (bicyclic) bond motifs is 1. The Kier molecular flexibility index (Phi) is 7.41. The number of rotatable bonds is 9. The highest BCUT2D eigenvalue weighted by Crippen LogP contribution is 2.24. The smallest absolute Gasteiger partial charge is 0.306 e. The third kappa shape index (κ3) is 5.41. The molecule has 0 saturated carbocycles. The van der Waals surface area contributed by atoms with Crippen LogP contribution in [0.2, 0.25) is 0 Å². The van der Waals surface area contributed by atoms with E-state index in [1.54, 1.807) is 18.2 Å². The summed E-state index contributed by atoms with van der Waals surface area (Å²) >= 11 is 0. The molecule has 7 nitrogen and oxygen atoms in total. The maximum Gasteiger partial charge on any atom is 0.306 e. The second kappa shape index (κ2) is 10.2. The number of carbonyl (C=O) groups is 4. The maximum absolute atomic E-state index is 12.4. The number of ether oxygens (including phenoxy) is 1. The summed E-state index contributed by atoms with van der Waals surface area (Å²) in [6, 6.07) is 12.9. The molecule has 1 N–H and O–H groups in total. The standard InChI is InChI=1S/C25H28N2O5/c1-4-18-8-10-19(11-9-18)17(3)26-22(28)15-32-23(29)6-5-13-27-24(30)20-12-7-16(2)14-21(20)25(27)31/h7-12,14,17H,4-6,13,15H2,1-3H3,(H,26,28). The molecule has 0 saturated heterocycles. The van der Waals surface area contributed by atoms with Gasteiger partial charge in [-0.3, -0.25) is 24.1 Å². The predicted molar refractivity (Wildman–Crippen MR) is 119 cm³/mol. The number of hydrogen-bond acceptors (Lipinski definition) is 5.